The smallest absolute Gasteiger partial charge is 0.226 e. The molecule has 0 spiro atoms. The summed E-state index contributed by atoms with van der Waals surface area (Å²) in [5, 5.41) is 2.87. The van der Waals surface area contributed by atoms with Crippen LogP contribution >= 0.6 is 0 Å². The molecule has 1 N–H and O–H groups in total. The van der Waals surface area contributed by atoms with Crippen LogP contribution in [0.15, 0.2) is 48.5 Å². The summed E-state index contributed by atoms with van der Waals surface area (Å²) in [6.07, 6.45) is 0.209. The number of methoxy groups -OCH3 is 1. The molecule has 0 unspecified atom stereocenters. The van der Waals surface area contributed by atoms with Crippen molar-refractivity contribution in [3.05, 3.63) is 54.1 Å². The largest absolute Gasteiger partial charge is 0.497 e. The second-order valence-corrected chi connectivity index (χ2v) is 5.45. The Kier molecular flexibility index (Phi) is 4.02. The Morgan fingerprint density at radius 2 is 1.87 bits per heavy atom. The summed E-state index contributed by atoms with van der Waals surface area (Å²) >= 11 is 0. The number of nitrogens with zero attached hydrogens (tertiary/aromatic N) is 1. The average Bonchev–Trinajstić information content (AvgIpc) is 2.70. The third kappa shape index (κ3) is 2.90. The molecular weight excluding hydrogens is 292 g/mol. The number of benzene rings is 2. The Bertz CT molecular complexity index is 740. The van der Waals surface area contributed by atoms with Crippen LogP contribution < -0.4 is 15.0 Å². The molecule has 0 saturated heterocycles. The molecule has 23 heavy (non-hydrogen) atoms. The van der Waals surface area contributed by atoms with Crippen LogP contribution in [0.25, 0.3) is 0 Å². The van der Waals surface area contributed by atoms with Crippen LogP contribution in [0.3, 0.4) is 0 Å². The molecule has 2 aromatic rings. The number of carbonyl (C=O) groups is 2. The van der Waals surface area contributed by atoms with Gasteiger partial charge in [-0.2, -0.15) is 0 Å². The van der Waals surface area contributed by atoms with E-state index in [-0.39, 0.29) is 24.3 Å². The van der Waals surface area contributed by atoms with Crippen molar-refractivity contribution in [3.8, 4) is 5.75 Å². The van der Waals surface area contributed by atoms with E-state index in [1.165, 1.54) is 6.92 Å². The number of para-hydroxylation sites is 2. The van der Waals surface area contributed by atoms with Gasteiger partial charge in [-0.25, -0.2) is 0 Å². The van der Waals surface area contributed by atoms with E-state index >= 15 is 0 Å². The summed E-state index contributed by atoms with van der Waals surface area (Å²) in [6, 6.07) is 14.5. The van der Waals surface area contributed by atoms with Gasteiger partial charge in [-0.05, 0) is 29.8 Å². The molecule has 2 aromatic carbocycles. The van der Waals surface area contributed by atoms with Crippen molar-refractivity contribution >= 4 is 23.2 Å². The van der Waals surface area contributed by atoms with Crippen LogP contribution in [0.4, 0.5) is 11.4 Å². The Labute approximate surface area is 134 Å². The maximum atomic E-state index is 12.3. The molecule has 5 nitrogen and oxygen atoms in total. The highest BCUT2D eigenvalue weighted by molar-refractivity contribution is 6.03. The van der Waals surface area contributed by atoms with E-state index in [9.17, 15) is 9.59 Å². The zero-order valence-corrected chi connectivity index (χ0v) is 13.1. The maximum absolute atomic E-state index is 12.3. The summed E-state index contributed by atoms with van der Waals surface area (Å²) in [6.45, 7) is 1.52. The number of fused-ring (bicyclic) bond motifs is 1. The Hall–Kier alpha value is -2.82. The maximum Gasteiger partial charge on any atom is 0.226 e. The number of nitrogens with one attached hydrogen (secondary N) is 1. The van der Waals surface area contributed by atoms with Crippen LogP contribution in [-0.2, 0) is 9.59 Å². The topological polar surface area (TPSA) is 58.6 Å². The van der Waals surface area contributed by atoms with Crippen molar-refractivity contribution in [2.45, 2.75) is 19.4 Å². The molecule has 3 rings (SSSR count). The van der Waals surface area contributed by atoms with Crippen molar-refractivity contribution < 1.29 is 14.3 Å². The second kappa shape index (κ2) is 6.12. The first-order valence-corrected chi connectivity index (χ1v) is 7.43. The summed E-state index contributed by atoms with van der Waals surface area (Å²) in [5.41, 5.74) is 2.27. The lowest BCUT2D eigenvalue weighted by molar-refractivity contribution is -0.118. The molecule has 118 valence electrons. The van der Waals surface area contributed by atoms with E-state index in [1.54, 1.807) is 18.1 Å². The molecule has 1 atom stereocenters. The molecule has 0 fully saturated rings. The zero-order valence-electron chi connectivity index (χ0n) is 13.1. The average molecular weight is 310 g/mol. The van der Waals surface area contributed by atoms with E-state index in [0.717, 1.165) is 11.3 Å². The quantitative estimate of drug-likeness (QED) is 0.927. The summed E-state index contributed by atoms with van der Waals surface area (Å²) in [4.78, 5) is 26.2. The molecule has 0 bridgehead atoms. The van der Waals surface area contributed by atoms with Crippen LogP contribution in [-0.4, -0.2) is 18.9 Å². The third-order valence-electron chi connectivity index (χ3n) is 3.97. The Morgan fingerprint density at radius 3 is 2.52 bits per heavy atom. The first-order chi connectivity index (χ1) is 11.1. The lowest BCUT2D eigenvalue weighted by atomic mass is 10.0. The van der Waals surface area contributed by atoms with Gasteiger partial charge in [0, 0.05) is 6.92 Å². The van der Waals surface area contributed by atoms with Crippen molar-refractivity contribution in [2.24, 2.45) is 0 Å². The van der Waals surface area contributed by atoms with Crippen molar-refractivity contribution in [1.29, 1.82) is 0 Å². The normalized spacial score (nSPS) is 17.0. The Morgan fingerprint density at radius 1 is 1.17 bits per heavy atom. The number of anilines is 2. The van der Waals surface area contributed by atoms with Gasteiger partial charge in [-0.1, -0.05) is 24.3 Å². The molecule has 0 saturated carbocycles. The molecule has 2 amide bonds. The molecule has 1 aliphatic rings. The third-order valence-corrected chi connectivity index (χ3v) is 3.97. The van der Waals surface area contributed by atoms with Gasteiger partial charge < -0.3 is 15.0 Å². The van der Waals surface area contributed by atoms with Gasteiger partial charge in [0.15, 0.2) is 0 Å². The van der Waals surface area contributed by atoms with E-state index in [2.05, 4.69) is 5.32 Å². The summed E-state index contributed by atoms with van der Waals surface area (Å²) in [5.74, 6) is 0.526. The second-order valence-electron chi connectivity index (χ2n) is 5.45. The fourth-order valence-electron chi connectivity index (χ4n) is 2.91. The SMILES string of the molecule is COc1ccc([C@@H]2CC(=O)Nc3ccccc3N2C(C)=O)cc1. The number of carbonyl (C=O) groups excluding carboxylic acids is 2. The fraction of sp³-hybridized carbons (Fsp3) is 0.222. The molecule has 1 heterocycles. The van der Waals surface area contributed by atoms with Gasteiger partial charge >= 0.3 is 0 Å². The predicted molar refractivity (Wildman–Crippen MR) is 88.6 cm³/mol. The highest BCUT2D eigenvalue weighted by atomic mass is 16.5. The lowest BCUT2D eigenvalue weighted by Gasteiger charge is -2.29. The molecular formula is C18H18N2O3. The minimum absolute atomic E-state index is 0.102. The van der Waals surface area contributed by atoms with E-state index in [1.807, 2.05) is 42.5 Å². The lowest BCUT2D eigenvalue weighted by Crippen LogP contribution is -2.33. The number of hydrogen-bond donors (Lipinski definition) is 1. The monoisotopic (exact) mass is 310 g/mol. The molecule has 0 aromatic heterocycles. The molecule has 0 radical (unpaired) electrons. The first-order valence-electron chi connectivity index (χ1n) is 7.43. The molecule has 0 aliphatic carbocycles. The van der Waals surface area contributed by atoms with Crippen LogP contribution in [0.1, 0.15) is 24.9 Å². The van der Waals surface area contributed by atoms with Gasteiger partial charge in [0.1, 0.15) is 5.75 Å². The van der Waals surface area contributed by atoms with Gasteiger partial charge in [0.2, 0.25) is 11.8 Å². The van der Waals surface area contributed by atoms with Gasteiger partial charge in [-0.3, -0.25) is 9.59 Å². The minimum Gasteiger partial charge on any atom is -0.497 e. The van der Waals surface area contributed by atoms with Crippen LogP contribution in [0.5, 0.6) is 5.75 Å². The highest BCUT2D eigenvalue weighted by Crippen LogP contribution is 2.38. The highest BCUT2D eigenvalue weighted by Gasteiger charge is 2.31. The van der Waals surface area contributed by atoms with Crippen LogP contribution in [0, 0.1) is 0 Å². The standard InChI is InChI=1S/C18H18N2O3/c1-12(21)20-16-6-4-3-5-15(16)19-18(22)11-17(20)13-7-9-14(23-2)10-8-13/h3-10,17H,11H2,1-2H3,(H,19,22)/t17-/m0/s1. The summed E-state index contributed by atoms with van der Waals surface area (Å²) in [7, 11) is 1.60. The van der Waals surface area contributed by atoms with Gasteiger partial charge in [0.25, 0.3) is 0 Å². The summed E-state index contributed by atoms with van der Waals surface area (Å²) < 4.78 is 5.17. The van der Waals surface area contributed by atoms with Crippen molar-refractivity contribution in [3.63, 3.8) is 0 Å². The number of rotatable bonds is 2. The Balaban J connectivity index is 2.09. The molecule has 1 aliphatic heterocycles. The number of hydrogen-bond acceptors (Lipinski definition) is 3. The minimum atomic E-state index is -0.345. The fourth-order valence-corrected chi connectivity index (χ4v) is 2.91. The van der Waals surface area contributed by atoms with Crippen molar-refractivity contribution in [2.75, 3.05) is 17.3 Å². The van der Waals surface area contributed by atoms with Gasteiger partial charge in [0.05, 0.1) is 30.9 Å². The van der Waals surface area contributed by atoms with E-state index in [0.29, 0.717) is 11.4 Å². The number of amides is 2. The number of ether oxygens (including phenoxy) is 1. The van der Waals surface area contributed by atoms with Crippen LogP contribution in [0.2, 0.25) is 0 Å². The first kappa shape index (κ1) is 15.1. The van der Waals surface area contributed by atoms with Gasteiger partial charge in [-0.15, -0.1) is 0 Å². The van der Waals surface area contributed by atoms with E-state index < -0.39 is 0 Å². The predicted octanol–water partition coefficient (Wildman–Crippen LogP) is 3.13. The van der Waals surface area contributed by atoms with Crippen molar-refractivity contribution in [1.82, 2.24) is 0 Å². The molecule has 5 heteroatoms. The zero-order chi connectivity index (χ0) is 16.4. The van der Waals surface area contributed by atoms with E-state index in [4.69, 9.17) is 4.74 Å².